The highest BCUT2D eigenvalue weighted by Gasteiger charge is 2.14. The number of anilines is 1. The van der Waals surface area contributed by atoms with E-state index in [0.717, 1.165) is 18.6 Å². The summed E-state index contributed by atoms with van der Waals surface area (Å²) in [5.41, 5.74) is 0. The molecule has 0 saturated heterocycles. The Kier molecular flexibility index (Phi) is 2.64. The molecule has 0 fully saturated rings. The van der Waals surface area contributed by atoms with Gasteiger partial charge in [0, 0.05) is 11.5 Å². The summed E-state index contributed by atoms with van der Waals surface area (Å²) in [6.45, 7) is 0. The number of ether oxygens (including phenoxy) is 1. The highest BCUT2D eigenvalue weighted by atomic mass is 32.1. The number of amides is 1. The number of rotatable bonds is 1. The number of methoxy groups -OCH3 is 1. The molecule has 0 aliphatic heterocycles. The molecule has 12 heavy (non-hydrogen) atoms. The summed E-state index contributed by atoms with van der Waals surface area (Å²) in [5, 5.41) is 8.90. The number of carbonyl (C=O) groups excluding carboxylic acids is 2. The third kappa shape index (κ3) is 1.95. The van der Waals surface area contributed by atoms with E-state index < -0.39 is 11.9 Å². The van der Waals surface area contributed by atoms with Gasteiger partial charge in [-0.25, -0.2) is 4.79 Å². The number of aromatic nitrogens is 3. The van der Waals surface area contributed by atoms with Crippen LogP contribution < -0.4 is 5.32 Å². The lowest BCUT2D eigenvalue weighted by Crippen LogP contribution is -2.23. The number of hydrogen-bond donors (Lipinski definition) is 1. The first-order valence-electron chi connectivity index (χ1n) is 2.78. The molecule has 0 aliphatic rings. The standard InChI is InChI=1S/C4H4N4O3S/c1-11-3(10)2(9)5-4-6-7-8-12-4/h1H3,(H,5,6,8,9). The number of carbonyl (C=O) groups is 2. The fraction of sp³-hybridized carbons (Fsp3) is 0.250. The summed E-state index contributed by atoms with van der Waals surface area (Å²) in [6.07, 6.45) is 0. The molecule has 1 aromatic rings. The minimum atomic E-state index is -0.981. The van der Waals surface area contributed by atoms with Crippen LogP contribution in [0, 0.1) is 0 Å². The first kappa shape index (κ1) is 8.53. The molecule has 0 unspecified atom stereocenters. The van der Waals surface area contributed by atoms with E-state index in [-0.39, 0.29) is 5.13 Å². The van der Waals surface area contributed by atoms with Gasteiger partial charge in [0.25, 0.3) is 0 Å². The van der Waals surface area contributed by atoms with Crippen molar-refractivity contribution in [2.45, 2.75) is 0 Å². The first-order chi connectivity index (χ1) is 5.74. The van der Waals surface area contributed by atoms with Crippen LogP contribution >= 0.6 is 11.5 Å². The highest BCUT2D eigenvalue weighted by molar-refractivity contribution is 7.09. The lowest BCUT2D eigenvalue weighted by molar-refractivity contribution is -0.150. The lowest BCUT2D eigenvalue weighted by atomic mass is 10.6. The van der Waals surface area contributed by atoms with E-state index in [1.807, 2.05) is 0 Å². The second-order valence-corrected chi connectivity index (χ2v) is 2.35. The van der Waals surface area contributed by atoms with Crippen molar-refractivity contribution in [3.05, 3.63) is 0 Å². The molecule has 0 bridgehead atoms. The molecule has 0 saturated carbocycles. The topological polar surface area (TPSA) is 94.1 Å². The molecule has 1 rings (SSSR count). The molecule has 1 heterocycles. The van der Waals surface area contributed by atoms with Gasteiger partial charge in [0.15, 0.2) is 0 Å². The Hall–Kier alpha value is -1.57. The molecule has 0 aromatic carbocycles. The van der Waals surface area contributed by atoms with Crippen molar-refractivity contribution in [3.8, 4) is 0 Å². The van der Waals surface area contributed by atoms with Gasteiger partial charge in [0.2, 0.25) is 5.13 Å². The SMILES string of the molecule is COC(=O)C(=O)Nc1nnns1. The Bertz CT molecular complexity index is 285. The Labute approximate surface area is 70.9 Å². The summed E-state index contributed by atoms with van der Waals surface area (Å²) in [6, 6.07) is 0. The van der Waals surface area contributed by atoms with E-state index in [2.05, 4.69) is 24.9 Å². The molecule has 0 aliphatic carbocycles. The van der Waals surface area contributed by atoms with E-state index in [0.29, 0.717) is 0 Å². The Morgan fingerprint density at radius 1 is 1.58 bits per heavy atom. The fourth-order valence-corrected chi connectivity index (χ4v) is 0.784. The van der Waals surface area contributed by atoms with Crippen LogP contribution in [0.1, 0.15) is 0 Å². The maximum atomic E-state index is 10.8. The molecule has 0 spiro atoms. The van der Waals surface area contributed by atoms with Crippen LogP contribution in [0.2, 0.25) is 0 Å². The van der Waals surface area contributed by atoms with Crippen molar-refractivity contribution in [2.24, 2.45) is 0 Å². The Morgan fingerprint density at radius 2 is 2.33 bits per heavy atom. The predicted octanol–water partition coefficient (Wildman–Crippen LogP) is -0.955. The predicted molar refractivity (Wildman–Crippen MR) is 38.3 cm³/mol. The molecule has 8 heteroatoms. The molecular formula is C4H4N4O3S. The molecule has 1 N–H and O–H groups in total. The second kappa shape index (κ2) is 3.72. The summed E-state index contributed by atoms with van der Waals surface area (Å²) in [4.78, 5) is 21.3. The van der Waals surface area contributed by atoms with Crippen LogP contribution in [0.3, 0.4) is 0 Å². The molecule has 1 aromatic heterocycles. The molecular weight excluding hydrogens is 184 g/mol. The molecule has 7 nitrogen and oxygen atoms in total. The summed E-state index contributed by atoms with van der Waals surface area (Å²) >= 11 is 0.867. The van der Waals surface area contributed by atoms with E-state index in [1.54, 1.807) is 0 Å². The normalized spacial score (nSPS) is 9.08. The van der Waals surface area contributed by atoms with E-state index in [9.17, 15) is 9.59 Å². The van der Waals surface area contributed by atoms with E-state index in [4.69, 9.17) is 0 Å². The number of hydrogen-bond acceptors (Lipinski definition) is 7. The van der Waals surface area contributed by atoms with Gasteiger partial charge in [-0.15, -0.1) is 0 Å². The molecule has 0 atom stereocenters. The van der Waals surface area contributed by atoms with Crippen molar-refractivity contribution in [3.63, 3.8) is 0 Å². The van der Waals surface area contributed by atoms with Gasteiger partial charge >= 0.3 is 11.9 Å². The third-order valence-corrected chi connectivity index (χ3v) is 1.40. The summed E-state index contributed by atoms with van der Waals surface area (Å²) < 4.78 is 7.52. The number of nitrogens with one attached hydrogen (secondary N) is 1. The zero-order valence-corrected chi connectivity index (χ0v) is 6.79. The van der Waals surface area contributed by atoms with Crippen LogP contribution in [0.25, 0.3) is 0 Å². The van der Waals surface area contributed by atoms with E-state index in [1.165, 1.54) is 0 Å². The largest absolute Gasteiger partial charge is 0.462 e. The van der Waals surface area contributed by atoms with Gasteiger partial charge < -0.3 is 4.74 Å². The van der Waals surface area contributed by atoms with Gasteiger partial charge in [-0.05, 0) is 5.21 Å². The molecule has 64 valence electrons. The van der Waals surface area contributed by atoms with Crippen molar-refractivity contribution in [1.82, 2.24) is 14.8 Å². The second-order valence-electron chi connectivity index (χ2n) is 1.61. The van der Waals surface area contributed by atoms with Crippen LogP contribution in [-0.4, -0.2) is 33.8 Å². The maximum Gasteiger partial charge on any atom is 0.396 e. The van der Waals surface area contributed by atoms with Crippen molar-refractivity contribution < 1.29 is 14.3 Å². The number of esters is 1. The summed E-state index contributed by atoms with van der Waals surface area (Å²) in [5.74, 6) is -1.87. The minimum absolute atomic E-state index is 0.158. The molecule has 1 amide bonds. The van der Waals surface area contributed by atoms with Crippen molar-refractivity contribution >= 4 is 28.5 Å². The maximum absolute atomic E-state index is 10.8. The van der Waals surface area contributed by atoms with Crippen LogP contribution in [0.5, 0.6) is 0 Å². The van der Waals surface area contributed by atoms with Crippen molar-refractivity contribution in [2.75, 3.05) is 12.4 Å². The van der Waals surface area contributed by atoms with Gasteiger partial charge in [-0.3, -0.25) is 10.1 Å². The fourth-order valence-electron chi connectivity index (χ4n) is 0.423. The van der Waals surface area contributed by atoms with Crippen LogP contribution in [-0.2, 0) is 14.3 Å². The van der Waals surface area contributed by atoms with Crippen LogP contribution in [0.4, 0.5) is 5.13 Å². The van der Waals surface area contributed by atoms with Gasteiger partial charge in [0.1, 0.15) is 0 Å². The number of nitrogens with zero attached hydrogens (tertiary/aromatic N) is 3. The average Bonchev–Trinajstić information content (AvgIpc) is 2.55. The lowest BCUT2D eigenvalue weighted by Gasteiger charge is -1.95. The minimum Gasteiger partial charge on any atom is -0.462 e. The average molecular weight is 188 g/mol. The van der Waals surface area contributed by atoms with Crippen molar-refractivity contribution in [1.29, 1.82) is 0 Å². The Morgan fingerprint density at radius 3 is 2.83 bits per heavy atom. The third-order valence-electron chi connectivity index (χ3n) is 0.891. The smallest absolute Gasteiger partial charge is 0.396 e. The first-order valence-corrected chi connectivity index (χ1v) is 3.55. The van der Waals surface area contributed by atoms with Gasteiger partial charge in [0.05, 0.1) is 7.11 Å². The highest BCUT2D eigenvalue weighted by Crippen LogP contribution is 2.03. The quantitative estimate of drug-likeness (QED) is 0.450. The van der Waals surface area contributed by atoms with E-state index >= 15 is 0 Å². The van der Waals surface area contributed by atoms with Crippen LogP contribution in [0.15, 0.2) is 0 Å². The Balaban J connectivity index is 2.53. The van der Waals surface area contributed by atoms with Gasteiger partial charge in [-0.1, -0.05) is 9.59 Å². The zero-order chi connectivity index (χ0) is 8.97. The zero-order valence-electron chi connectivity index (χ0n) is 5.97. The van der Waals surface area contributed by atoms with Gasteiger partial charge in [-0.2, -0.15) is 0 Å². The summed E-state index contributed by atoms with van der Waals surface area (Å²) in [7, 11) is 1.11. The monoisotopic (exact) mass is 188 g/mol. The molecule has 0 radical (unpaired) electrons.